The molecule has 0 atom stereocenters. The highest BCUT2D eigenvalue weighted by atomic mass is 19.4. The number of benzene rings is 1. The molecule has 32 heavy (non-hydrogen) atoms. The van der Waals surface area contributed by atoms with E-state index in [1.807, 2.05) is 18.2 Å². The zero-order valence-electron chi connectivity index (χ0n) is 17.0. The second-order valence-corrected chi connectivity index (χ2v) is 6.61. The van der Waals surface area contributed by atoms with Crippen LogP contribution in [0.3, 0.4) is 0 Å². The Morgan fingerprint density at radius 1 is 1.06 bits per heavy atom. The van der Waals surface area contributed by atoms with E-state index in [1.54, 1.807) is 7.11 Å². The summed E-state index contributed by atoms with van der Waals surface area (Å²) in [5.41, 5.74) is 7.27. The first-order valence-corrected chi connectivity index (χ1v) is 9.34. The van der Waals surface area contributed by atoms with Crippen molar-refractivity contribution >= 4 is 17.9 Å². The van der Waals surface area contributed by atoms with E-state index in [9.17, 15) is 13.2 Å². The number of aliphatic imine (C=N–C) groups is 1. The molecule has 0 radical (unpaired) electrons. The molecule has 2 aromatic heterocycles. The Labute approximate surface area is 181 Å². The zero-order chi connectivity index (χ0) is 23.1. The first-order valence-electron chi connectivity index (χ1n) is 9.34. The van der Waals surface area contributed by atoms with Crippen molar-refractivity contribution in [2.45, 2.75) is 19.3 Å². The lowest BCUT2D eigenvalue weighted by Crippen LogP contribution is -2.12. The molecule has 0 aliphatic heterocycles. The number of hydrogen-bond donors (Lipinski definition) is 2. The summed E-state index contributed by atoms with van der Waals surface area (Å²) in [6, 6.07) is 11.7. The summed E-state index contributed by atoms with van der Waals surface area (Å²) in [4.78, 5) is 16.8. The summed E-state index contributed by atoms with van der Waals surface area (Å²) < 4.78 is 44.2. The van der Waals surface area contributed by atoms with E-state index in [0.29, 0.717) is 12.3 Å². The molecule has 4 N–H and O–H groups in total. The Morgan fingerprint density at radius 3 is 2.53 bits per heavy atom. The van der Waals surface area contributed by atoms with Gasteiger partial charge in [0.05, 0.1) is 47.7 Å². The molecule has 2 heterocycles. The average Bonchev–Trinajstić information content (AvgIpc) is 2.76. The van der Waals surface area contributed by atoms with E-state index in [2.05, 4.69) is 25.0 Å². The molecule has 0 amide bonds. The van der Waals surface area contributed by atoms with E-state index < -0.39 is 11.7 Å². The number of aromatic nitrogens is 3. The quantitative estimate of drug-likeness (QED) is 0.328. The van der Waals surface area contributed by atoms with Crippen LogP contribution in [0.2, 0.25) is 0 Å². The first kappa shape index (κ1) is 22.8. The van der Waals surface area contributed by atoms with Crippen molar-refractivity contribution in [1.82, 2.24) is 15.0 Å². The molecule has 8 nitrogen and oxygen atoms in total. The van der Waals surface area contributed by atoms with Crippen LogP contribution in [0.15, 0.2) is 58.6 Å². The Hall–Kier alpha value is -3.86. The fraction of sp³-hybridized carbons (Fsp3) is 0.190. The second-order valence-electron chi connectivity index (χ2n) is 6.61. The van der Waals surface area contributed by atoms with Crippen LogP contribution in [0.25, 0.3) is 11.3 Å². The maximum Gasteiger partial charge on any atom is 0.416 e. The monoisotopic (exact) mass is 443 g/mol. The van der Waals surface area contributed by atoms with Gasteiger partial charge in [0.1, 0.15) is 5.71 Å². The largest absolute Gasteiger partial charge is 0.416 e. The molecule has 166 valence electrons. The fourth-order valence-electron chi connectivity index (χ4n) is 2.84. The number of hydrogen-bond acceptors (Lipinski definition) is 8. The lowest BCUT2D eigenvalue weighted by Gasteiger charge is -2.09. The molecule has 0 aliphatic carbocycles. The van der Waals surface area contributed by atoms with Crippen LogP contribution < -0.4 is 11.6 Å². The molecule has 0 unspecified atom stereocenters. The molecular weight excluding hydrogens is 423 g/mol. The van der Waals surface area contributed by atoms with Crippen LogP contribution in [-0.4, -0.2) is 34.0 Å². The minimum absolute atomic E-state index is 0.140. The highest BCUT2D eigenvalue weighted by Crippen LogP contribution is 2.32. The van der Waals surface area contributed by atoms with Crippen molar-refractivity contribution < 1.29 is 17.9 Å². The number of nitrogens with two attached hydrogens (primary N) is 2. The van der Waals surface area contributed by atoms with Crippen molar-refractivity contribution in [2.24, 2.45) is 15.9 Å². The number of nitrogen functional groups attached to an aromatic ring is 1. The summed E-state index contributed by atoms with van der Waals surface area (Å²) in [6.07, 6.45) is -3.09. The van der Waals surface area contributed by atoms with Gasteiger partial charge in [-0.3, -0.25) is 9.98 Å². The number of methoxy groups -OCH3 is 1. The number of rotatable bonds is 7. The lowest BCUT2D eigenvalue weighted by molar-refractivity contribution is -0.137. The Kier molecular flexibility index (Phi) is 7.11. The normalized spacial score (nSPS) is 12.4. The molecule has 1 aromatic carbocycles. The molecular formula is C21H20F3N7O. The van der Waals surface area contributed by atoms with Crippen LogP contribution in [0.1, 0.15) is 22.6 Å². The number of anilines is 1. The maximum atomic E-state index is 13.0. The van der Waals surface area contributed by atoms with Gasteiger partial charge in [0.2, 0.25) is 5.95 Å². The van der Waals surface area contributed by atoms with E-state index in [4.69, 9.17) is 16.3 Å². The van der Waals surface area contributed by atoms with Crippen molar-refractivity contribution in [3.63, 3.8) is 0 Å². The van der Waals surface area contributed by atoms with Gasteiger partial charge >= 0.3 is 6.18 Å². The Morgan fingerprint density at radius 2 is 1.81 bits per heavy atom. The highest BCUT2D eigenvalue weighted by molar-refractivity contribution is 6.37. The third-order valence-electron chi connectivity index (χ3n) is 4.25. The molecule has 0 aliphatic rings. The third-order valence-corrected chi connectivity index (χ3v) is 4.25. The predicted molar refractivity (Wildman–Crippen MR) is 115 cm³/mol. The standard InChI is InChI=1S/C21H20F3N7O/c1-32-12-16-7-3-6-15(28-16)10-27-11-19(31-26)18-9-17(29-20(25)30-18)13-4-2-5-14(8-13)21(22,23)24/h2-9,11H,10,12,26H2,1H3,(H2,25,29,30). The molecule has 0 fully saturated rings. The molecule has 11 heteroatoms. The van der Waals surface area contributed by atoms with Crippen molar-refractivity contribution in [2.75, 3.05) is 12.8 Å². The first-order chi connectivity index (χ1) is 15.3. The highest BCUT2D eigenvalue weighted by Gasteiger charge is 2.30. The van der Waals surface area contributed by atoms with Gasteiger partial charge in [-0.15, -0.1) is 0 Å². The van der Waals surface area contributed by atoms with Crippen LogP contribution in [0.4, 0.5) is 19.1 Å². The van der Waals surface area contributed by atoms with E-state index in [0.717, 1.165) is 17.8 Å². The van der Waals surface area contributed by atoms with Crippen molar-refractivity contribution in [1.29, 1.82) is 0 Å². The van der Waals surface area contributed by atoms with Gasteiger partial charge in [0.15, 0.2) is 0 Å². The van der Waals surface area contributed by atoms with Gasteiger partial charge in [-0.05, 0) is 30.3 Å². The predicted octanol–water partition coefficient (Wildman–Crippen LogP) is 3.22. The van der Waals surface area contributed by atoms with Crippen molar-refractivity contribution in [3.8, 4) is 11.3 Å². The summed E-state index contributed by atoms with van der Waals surface area (Å²) in [5.74, 6) is 5.34. The number of pyridine rings is 1. The van der Waals surface area contributed by atoms with Crippen LogP contribution in [-0.2, 0) is 24.1 Å². The molecule has 3 aromatic rings. The summed E-state index contributed by atoms with van der Waals surface area (Å²) in [5, 5.41) is 3.67. The Balaban J connectivity index is 1.85. The summed E-state index contributed by atoms with van der Waals surface area (Å²) in [7, 11) is 1.58. The van der Waals surface area contributed by atoms with E-state index in [1.165, 1.54) is 24.4 Å². The van der Waals surface area contributed by atoms with Gasteiger partial charge in [-0.25, -0.2) is 9.97 Å². The van der Waals surface area contributed by atoms with Crippen LogP contribution >= 0.6 is 0 Å². The topological polar surface area (TPSA) is 125 Å². The third kappa shape index (κ3) is 5.85. The second kappa shape index (κ2) is 9.96. The Bertz CT molecular complexity index is 1150. The minimum Gasteiger partial charge on any atom is -0.378 e. The van der Waals surface area contributed by atoms with Gasteiger partial charge in [-0.1, -0.05) is 18.2 Å². The van der Waals surface area contributed by atoms with Crippen LogP contribution in [0, 0.1) is 0 Å². The van der Waals surface area contributed by atoms with Gasteiger partial charge in [0.25, 0.3) is 0 Å². The molecule has 0 bridgehead atoms. The van der Waals surface area contributed by atoms with Crippen molar-refractivity contribution in [3.05, 3.63) is 71.2 Å². The molecule has 0 spiro atoms. The number of ether oxygens (including phenoxy) is 1. The maximum absolute atomic E-state index is 13.0. The number of hydrazone groups is 1. The molecule has 0 saturated carbocycles. The van der Waals surface area contributed by atoms with Gasteiger partial charge in [0, 0.05) is 12.7 Å². The van der Waals surface area contributed by atoms with Crippen LogP contribution in [0.5, 0.6) is 0 Å². The number of halogens is 3. The average molecular weight is 443 g/mol. The molecule has 0 saturated heterocycles. The van der Waals surface area contributed by atoms with Gasteiger partial charge < -0.3 is 16.3 Å². The number of nitrogens with zero attached hydrogens (tertiary/aromatic N) is 5. The SMILES string of the molecule is COCc1cccc(CN=CC(=NN)c2cc(-c3cccc(C(F)(F)F)c3)nc(N)n2)n1. The molecule has 3 rings (SSSR count). The van der Waals surface area contributed by atoms with Gasteiger partial charge in [-0.2, -0.15) is 18.3 Å². The summed E-state index contributed by atoms with van der Waals surface area (Å²) in [6.45, 7) is 0.628. The zero-order valence-corrected chi connectivity index (χ0v) is 17.0. The minimum atomic E-state index is -4.48. The summed E-state index contributed by atoms with van der Waals surface area (Å²) >= 11 is 0. The fourth-order valence-corrected chi connectivity index (χ4v) is 2.84. The number of alkyl halides is 3. The van der Waals surface area contributed by atoms with E-state index in [-0.39, 0.29) is 35.2 Å². The van der Waals surface area contributed by atoms with E-state index >= 15 is 0 Å². The lowest BCUT2D eigenvalue weighted by atomic mass is 10.1. The smallest absolute Gasteiger partial charge is 0.378 e.